The lowest BCUT2D eigenvalue weighted by molar-refractivity contribution is -0.152. The van der Waals surface area contributed by atoms with Crippen LogP contribution in [0, 0.1) is 0 Å². The van der Waals surface area contributed by atoms with Crippen LogP contribution in [0.15, 0.2) is 24.3 Å². The van der Waals surface area contributed by atoms with Gasteiger partial charge < -0.3 is 4.74 Å². The van der Waals surface area contributed by atoms with Gasteiger partial charge in [0.05, 0.1) is 13.0 Å². The molecule has 1 aromatic rings. The quantitative estimate of drug-likeness (QED) is 0.622. The van der Waals surface area contributed by atoms with Gasteiger partial charge in [0.2, 0.25) is 5.78 Å². The Morgan fingerprint density at radius 2 is 1.70 bits per heavy atom. The Bertz CT molecular complexity index is 470. The third-order valence-electron chi connectivity index (χ3n) is 4.29. The summed E-state index contributed by atoms with van der Waals surface area (Å²) < 4.78 is 4.49. The predicted molar refractivity (Wildman–Crippen MR) is 77.7 cm³/mol. The van der Waals surface area contributed by atoms with Gasteiger partial charge in [-0.15, -0.1) is 0 Å². The van der Waals surface area contributed by atoms with Gasteiger partial charge >= 0.3 is 5.97 Å². The van der Waals surface area contributed by atoms with Crippen molar-refractivity contribution < 1.29 is 14.3 Å². The van der Waals surface area contributed by atoms with E-state index in [2.05, 4.69) is 16.9 Å². The average molecular weight is 274 g/mol. The fourth-order valence-electron chi connectivity index (χ4n) is 2.92. The van der Waals surface area contributed by atoms with Crippen molar-refractivity contribution in [2.75, 3.05) is 7.11 Å². The highest BCUT2D eigenvalue weighted by molar-refractivity contribution is 6.35. The standard InChI is InChI=1S/C17H22O3/c1-12(16(18)17(19)20-2)13-8-10-15(11-9-13)14-6-4-3-5-7-14/h8-12,14H,3-7H2,1-2H3/t12-/m0/s1. The summed E-state index contributed by atoms with van der Waals surface area (Å²) in [6, 6.07) is 8.14. The maximum absolute atomic E-state index is 11.8. The Balaban J connectivity index is 2.07. The lowest BCUT2D eigenvalue weighted by Gasteiger charge is -2.22. The molecule has 108 valence electrons. The molecule has 3 nitrogen and oxygen atoms in total. The smallest absolute Gasteiger partial charge is 0.374 e. The largest absolute Gasteiger partial charge is 0.463 e. The first kappa shape index (κ1) is 14.8. The highest BCUT2D eigenvalue weighted by Crippen LogP contribution is 2.33. The molecule has 2 rings (SSSR count). The number of rotatable bonds is 4. The molecule has 1 atom stereocenters. The van der Waals surface area contributed by atoms with E-state index in [0.29, 0.717) is 5.92 Å². The van der Waals surface area contributed by atoms with Crippen molar-refractivity contribution in [3.8, 4) is 0 Å². The van der Waals surface area contributed by atoms with Crippen molar-refractivity contribution in [1.82, 2.24) is 0 Å². The van der Waals surface area contributed by atoms with E-state index in [1.54, 1.807) is 6.92 Å². The van der Waals surface area contributed by atoms with Gasteiger partial charge in [-0.1, -0.05) is 50.5 Å². The zero-order valence-electron chi connectivity index (χ0n) is 12.2. The fourth-order valence-corrected chi connectivity index (χ4v) is 2.92. The molecule has 1 fully saturated rings. The van der Waals surface area contributed by atoms with E-state index in [1.165, 1.54) is 44.8 Å². The van der Waals surface area contributed by atoms with Gasteiger partial charge in [-0.3, -0.25) is 4.79 Å². The molecule has 1 aliphatic rings. The minimum Gasteiger partial charge on any atom is -0.463 e. The third kappa shape index (κ3) is 3.27. The molecule has 0 aliphatic heterocycles. The number of ketones is 1. The minimum atomic E-state index is -0.770. The second-order valence-electron chi connectivity index (χ2n) is 5.58. The van der Waals surface area contributed by atoms with Crippen molar-refractivity contribution in [2.24, 2.45) is 0 Å². The monoisotopic (exact) mass is 274 g/mol. The Morgan fingerprint density at radius 3 is 2.25 bits per heavy atom. The van der Waals surface area contributed by atoms with Crippen LogP contribution in [0.4, 0.5) is 0 Å². The summed E-state index contributed by atoms with van der Waals surface area (Å²) in [6.45, 7) is 1.74. The first-order valence-corrected chi connectivity index (χ1v) is 7.35. The Labute approximate surface area is 120 Å². The molecule has 0 heterocycles. The number of benzene rings is 1. The van der Waals surface area contributed by atoms with E-state index in [9.17, 15) is 9.59 Å². The fraction of sp³-hybridized carbons (Fsp3) is 0.529. The van der Waals surface area contributed by atoms with E-state index >= 15 is 0 Å². The van der Waals surface area contributed by atoms with Gasteiger partial charge in [-0.05, 0) is 29.9 Å². The second kappa shape index (κ2) is 6.69. The summed E-state index contributed by atoms with van der Waals surface area (Å²) in [5.74, 6) is -1.04. The van der Waals surface area contributed by atoms with Crippen LogP contribution in [0.25, 0.3) is 0 Å². The summed E-state index contributed by atoms with van der Waals surface area (Å²) in [4.78, 5) is 23.1. The Morgan fingerprint density at radius 1 is 1.10 bits per heavy atom. The van der Waals surface area contributed by atoms with Crippen LogP contribution in [-0.4, -0.2) is 18.9 Å². The number of methoxy groups -OCH3 is 1. The molecule has 3 heteroatoms. The molecule has 0 aromatic heterocycles. The van der Waals surface area contributed by atoms with E-state index < -0.39 is 17.7 Å². The maximum Gasteiger partial charge on any atom is 0.374 e. The van der Waals surface area contributed by atoms with Gasteiger partial charge in [0, 0.05) is 0 Å². The van der Waals surface area contributed by atoms with E-state index in [4.69, 9.17) is 0 Å². The molecule has 0 amide bonds. The maximum atomic E-state index is 11.8. The molecular weight excluding hydrogens is 252 g/mol. The lowest BCUT2D eigenvalue weighted by atomic mass is 9.83. The normalized spacial score (nSPS) is 17.5. The highest BCUT2D eigenvalue weighted by atomic mass is 16.5. The topological polar surface area (TPSA) is 43.4 Å². The Hall–Kier alpha value is -1.64. The van der Waals surface area contributed by atoms with Crippen molar-refractivity contribution in [1.29, 1.82) is 0 Å². The number of ether oxygens (including phenoxy) is 1. The van der Waals surface area contributed by atoms with Crippen LogP contribution in [0.3, 0.4) is 0 Å². The van der Waals surface area contributed by atoms with Gasteiger partial charge in [0.15, 0.2) is 0 Å². The average Bonchev–Trinajstić information content (AvgIpc) is 2.53. The molecule has 0 spiro atoms. The van der Waals surface area contributed by atoms with Crippen LogP contribution in [0.1, 0.15) is 62.0 Å². The summed E-state index contributed by atoms with van der Waals surface area (Å²) in [5.41, 5.74) is 2.23. The number of hydrogen-bond acceptors (Lipinski definition) is 3. The van der Waals surface area contributed by atoms with Crippen LogP contribution < -0.4 is 0 Å². The van der Waals surface area contributed by atoms with Crippen LogP contribution >= 0.6 is 0 Å². The highest BCUT2D eigenvalue weighted by Gasteiger charge is 2.23. The molecular formula is C17H22O3. The van der Waals surface area contributed by atoms with Crippen LogP contribution in [0.2, 0.25) is 0 Å². The molecule has 0 saturated heterocycles. The van der Waals surface area contributed by atoms with Gasteiger partial charge in [0.1, 0.15) is 0 Å². The van der Waals surface area contributed by atoms with Crippen molar-refractivity contribution in [3.05, 3.63) is 35.4 Å². The third-order valence-corrected chi connectivity index (χ3v) is 4.29. The summed E-state index contributed by atoms with van der Waals surface area (Å²) in [6.07, 6.45) is 6.48. The number of esters is 1. The number of Topliss-reactive ketones (excluding diaryl/α,β-unsaturated/α-hetero) is 1. The minimum absolute atomic E-state index is 0.442. The van der Waals surface area contributed by atoms with Gasteiger partial charge in [-0.25, -0.2) is 4.79 Å². The van der Waals surface area contributed by atoms with Crippen molar-refractivity contribution in [2.45, 2.75) is 50.9 Å². The number of carbonyl (C=O) groups excluding carboxylic acids is 2. The van der Waals surface area contributed by atoms with Crippen molar-refractivity contribution in [3.63, 3.8) is 0 Å². The molecule has 0 unspecified atom stereocenters. The number of carbonyl (C=O) groups is 2. The van der Waals surface area contributed by atoms with Crippen LogP contribution in [0.5, 0.6) is 0 Å². The lowest BCUT2D eigenvalue weighted by Crippen LogP contribution is -2.21. The zero-order valence-corrected chi connectivity index (χ0v) is 12.2. The van der Waals surface area contributed by atoms with Crippen molar-refractivity contribution >= 4 is 11.8 Å². The Kier molecular flexibility index (Phi) is 4.94. The molecule has 20 heavy (non-hydrogen) atoms. The number of hydrogen-bond donors (Lipinski definition) is 0. The van der Waals surface area contributed by atoms with E-state index in [1.807, 2.05) is 12.1 Å². The predicted octanol–water partition coefficient (Wildman–Crippen LogP) is 3.58. The second-order valence-corrected chi connectivity index (χ2v) is 5.58. The summed E-state index contributed by atoms with van der Waals surface area (Å²) in [7, 11) is 1.24. The molecule has 1 saturated carbocycles. The summed E-state index contributed by atoms with van der Waals surface area (Å²) >= 11 is 0. The molecule has 0 bridgehead atoms. The SMILES string of the molecule is COC(=O)C(=O)[C@@H](C)c1ccc(C2CCCCC2)cc1. The van der Waals surface area contributed by atoms with Crippen LogP contribution in [-0.2, 0) is 14.3 Å². The summed E-state index contributed by atoms with van der Waals surface area (Å²) in [5, 5.41) is 0. The van der Waals surface area contributed by atoms with E-state index in [0.717, 1.165) is 5.56 Å². The van der Waals surface area contributed by atoms with Gasteiger partial charge in [-0.2, -0.15) is 0 Å². The van der Waals surface area contributed by atoms with Gasteiger partial charge in [0.25, 0.3) is 0 Å². The van der Waals surface area contributed by atoms with E-state index in [-0.39, 0.29) is 0 Å². The molecule has 1 aliphatic carbocycles. The molecule has 1 aromatic carbocycles. The first-order valence-electron chi connectivity index (χ1n) is 7.35. The molecule has 0 radical (unpaired) electrons. The zero-order chi connectivity index (χ0) is 14.5. The molecule has 0 N–H and O–H groups in total. The first-order chi connectivity index (χ1) is 9.63.